The fraction of sp³-hybridized carbons (Fsp3) is 0.182. The maximum Gasteiger partial charge on any atom is 0.210 e. The first-order valence-electron chi connectivity index (χ1n) is 4.42. The molecule has 3 nitrogen and oxygen atoms in total. The number of benzene rings is 1. The van der Waals surface area contributed by atoms with Crippen LogP contribution in [0, 0.1) is 0 Å². The number of allylic oxidation sites excluding steroid dienone is 2. The number of ketones is 1. The van der Waals surface area contributed by atoms with Crippen molar-refractivity contribution in [2.75, 3.05) is 12.4 Å². The lowest BCUT2D eigenvalue weighted by molar-refractivity contribution is 0.104. The van der Waals surface area contributed by atoms with Crippen LogP contribution in [0.2, 0.25) is 0 Å². The number of hydrogen-bond acceptors (Lipinski definition) is 3. The molecule has 72 valence electrons. The van der Waals surface area contributed by atoms with Gasteiger partial charge in [0.25, 0.3) is 0 Å². The zero-order chi connectivity index (χ0) is 10.1. The smallest absolute Gasteiger partial charge is 0.210 e. The van der Waals surface area contributed by atoms with Crippen LogP contribution < -0.4 is 10.1 Å². The number of methoxy groups -OCH3 is 1. The lowest BCUT2D eigenvalue weighted by atomic mass is 10.1. The van der Waals surface area contributed by atoms with Crippen molar-refractivity contribution < 1.29 is 9.53 Å². The first-order chi connectivity index (χ1) is 6.76. The van der Waals surface area contributed by atoms with Gasteiger partial charge >= 0.3 is 0 Å². The number of rotatable bonds is 1. The summed E-state index contributed by atoms with van der Waals surface area (Å²) >= 11 is 0. The van der Waals surface area contributed by atoms with Crippen molar-refractivity contribution in [2.45, 2.75) is 6.92 Å². The predicted molar refractivity (Wildman–Crippen MR) is 54.7 cm³/mol. The van der Waals surface area contributed by atoms with Crippen molar-refractivity contribution in [1.82, 2.24) is 0 Å². The number of carbonyl (C=O) groups is 1. The highest BCUT2D eigenvalue weighted by molar-refractivity contribution is 6.18. The van der Waals surface area contributed by atoms with Crippen LogP contribution in [0.25, 0.3) is 0 Å². The van der Waals surface area contributed by atoms with E-state index in [1.54, 1.807) is 25.3 Å². The number of anilines is 1. The fourth-order valence-corrected chi connectivity index (χ4v) is 1.50. The highest BCUT2D eigenvalue weighted by Crippen LogP contribution is 2.31. The van der Waals surface area contributed by atoms with E-state index in [2.05, 4.69) is 5.32 Å². The van der Waals surface area contributed by atoms with Crippen LogP contribution in [0.3, 0.4) is 0 Å². The van der Waals surface area contributed by atoms with Crippen LogP contribution in [-0.2, 0) is 0 Å². The molecule has 2 rings (SSSR count). The highest BCUT2D eigenvalue weighted by atomic mass is 16.5. The van der Waals surface area contributed by atoms with Gasteiger partial charge in [0, 0.05) is 11.6 Å². The summed E-state index contributed by atoms with van der Waals surface area (Å²) in [6, 6.07) is 5.39. The minimum atomic E-state index is 0.0464. The van der Waals surface area contributed by atoms with Crippen molar-refractivity contribution in [2.24, 2.45) is 0 Å². The topological polar surface area (TPSA) is 38.3 Å². The zero-order valence-corrected chi connectivity index (χ0v) is 8.13. The van der Waals surface area contributed by atoms with Gasteiger partial charge in [-0.1, -0.05) is 6.08 Å². The second-order valence-electron chi connectivity index (χ2n) is 3.07. The van der Waals surface area contributed by atoms with Gasteiger partial charge in [0.15, 0.2) is 0 Å². The Labute approximate surface area is 82.4 Å². The van der Waals surface area contributed by atoms with E-state index in [0.717, 1.165) is 11.4 Å². The molecule has 0 atom stereocenters. The van der Waals surface area contributed by atoms with E-state index in [9.17, 15) is 4.79 Å². The third-order valence-electron chi connectivity index (χ3n) is 2.27. The highest BCUT2D eigenvalue weighted by Gasteiger charge is 2.23. The molecular weight excluding hydrogens is 178 g/mol. The molecule has 0 aromatic heterocycles. The normalized spacial score (nSPS) is 16.7. The standard InChI is InChI=1S/C11H11NO2/c1-3-9-11(13)8-5-4-7(14-2)6-10(8)12-9/h3-6,12H,1-2H3/b9-3+. The van der Waals surface area contributed by atoms with E-state index in [4.69, 9.17) is 4.74 Å². The van der Waals surface area contributed by atoms with Gasteiger partial charge in [-0.25, -0.2) is 0 Å². The molecular formula is C11H11NO2. The van der Waals surface area contributed by atoms with Gasteiger partial charge in [-0.15, -0.1) is 0 Å². The molecule has 1 N–H and O–H groups in total. The lowest BCUT2D eigenvalue weighted by Crippen LogP contribution is -1.98. The predicted octanol–water partition coefficient (Wildman–Crippen LogP) is 2.21. The van der Waals surface area contributed by atoms with Crippen LogP contribution in [0.4, 0.5) is 5.69 Å². The van der Waals surface area contributed by atoms with Crippen LogP contribution >= 0.6 is 0 Å². The number of ether oxygens (including phenoxy) is 1. The molecule has 0 saturated carbocycles. The molecule has 1 aromatic rings. The molecule has 1 aliphatic rings. The Kier molecular flexibility index (Phi) is 2.00. The molecule has 1 heterocycles. The number of Topliss-reactive ketones (excluding diaryl/α,β-unsaturated/α-hetero) is 1. The molecule has 0 spiro atoms. The summed E-state index contributed by atoms with van der Waals surface area (Å²) < 4.78 is 5.07. The summed E-state index contributed by atoms with van der Waals surface area (Å²) in [7, 11) is 1.61. The Morgan fingerprint density at radius 3 is 2.86 bits per heavy atom. The van der Waals surface area contributed by atoms with E-state index in [1.807, 2.05) is 13.0 Å². The van der Waals surface area contributed by atoms with Crippen LogP contribution in [0.1, 0.15) is 17.3 Å². The second kappa shape index (κ2) is 3.18. The maximum atomic E-state index is 11.7. The molecule has 0 bridgehead atoms. The van der Waals surface area contributed by atoms with E-state index < -0.39 is 0 Å². The average molecular weight is 189 g/mol. The van der Waals surface area contributed by atoms with Gasteiger partial charge in [-0.3, -0.25) is 4.79 Å². The van der Waals surface area contributed by atoms with Gasteiger partial charge < -0.3 is 10.1 Å². The second-order valence-corrected chi connectivity index (χ2v) is 3.07. The number of fused-ring (bicyclic) bond motifs is 1. The SMILES string of the molecule is C/C=C1/Nc2cc(OC)ccc2C1=O. The van der Waals surface area contributed by atoms with E-state index in [1.165, 1.54) is 0 Å². The molecule has 0 radical (unpaired) electrons. The lowest BCUT2D eigenvalue weighted by Gasteiger charge is -2.01. The van der Waals surface area contributed by atoms with E-state index >= 15 is 0 Å². The Bertz CT molecular complexity index is 421. The summed E-state index contributed by atoms with van der Waals surface area (Å²) in [5.74, 6) is 0.798. The summed E-state index contributed by atoms with van der Waals surface area (Å²) in [5, 5.41) is 3.04. The molecule has 14 heavy (non-hydrogen) atoms. The summed E-state index contributed by atoms with van der Waals surface area (Å²) in [5.41, 5.74) is 2.16. The third kappa shape index (κ3) is 1.18. The Morgan fingerprint density at radius 1 is 1.43 bits per heavy atom. The molecule has 0 aliphatic carbocycles. The molecule has 1 aromatic carbocycles. The Balaban J connectivity index is 2.49. The van der Waals surface area contributed by atoms with Gasteiger partial charge in [0.05, 0.1) is 18.5 Å². The first kappa shape index (κ1) is 8.81. The van der Waals surface area contributed by atoms with Crippen molar-refractivity contribution in [3.05, 3.63) is 35.5 Å². The minimum Gasteiger partial charge on any atom is -0.497 e. The van der Waals surface area contributed by atoms with Crippen LogP contribution in [-0.4, -0.2) is 12.9 Å². The average Bonchev–Trinajstić information content (AvgIpc) is 2.55. The largest absolute Gasteiger partial charge is 0.497 e. The fourth-order valence-electron chi connectivity index (χ4n) is 1.50. The summed E-state index contributed by atoms with van der Waals surface area (Å²) in [4.78, 5) is 11.7. The molecule has 3 heteroatoms. The van der Waals surface area contributed by atoms with Crippen molar-refractivity contribution in [3.8, 4) is 5.75 Å². The summed E-state index contributed by atoms with van der Waals surface area (Å²) in [6.45, 7) is 1.84. The minimum absolute atomic E-state index is 0.0464. The zero-order valence-electron chi connectivity index (χ0n) is 8.13. The van der Waals surface area contributed by atoms with E-state index in [0.29, 0.717) is 11.3 Å². The molecule has 0 unspecified atom stereocenters. The van der Waals surface area contributed by atoms with Gasteiger partial charge in [0.2, 0.25) is 5.78 Å². The monoisotopic (exact) mass is 189 g/mol. The van der Waals surface area contributed by atoms with Crippen molar-refractivity contribution in [1.29, 1.82) is 0 Å². The number of hydrogen-bond donors (Lipinski definition) is 1. The van der Waals surface area contributed by atoms with Crippen LogP contribution in [0.5, 0.6) is 5.75 Å². The molecule has 0 fully saturated rings. The van der Waals surface area contributed by atoms with Gasteiger partial charge in [-0.05, 0) is 19.1 Å². The molecule has 1 aliphatic heterocycles. The first-order valence-corrected chi connectivity index (χ1v) is 4.42. The van der Waals surface area contributed by atoms with Crippen molar-refractivity contribution in [3.63, 3.8) is 0 Å². The number of carbonyl (C=O) groups excluding carboxylic acids is 1. The van der Waals surface area contributed by atoms with Crippen molar-refractivity contribution >= 4 is 11.5 Å². The summed E-state index contributed by atoms with van der Waals surface area (Å²) in [6.07, 6.45) is 1.77. The quantitative estimate of drug-likeness (QED) is 0.688. The van der Waals surface area contributed by atoms with E-state index in [-0.39, 0.29) is 5.78 Å². The van der Waals surface area contributed by atoms with Crippen LogP contribution in [0.15, 0.2) is 30.0 Å². The molecule has 0 saturated heterocycles. The van der Waals surface area contributed by atoms with Gasteiger partial charge in [-0.2, -0.15) is 0 Å². The molecule has 0 amide bonds. The Hall–Kier alpha value is -1.77. The number of nitrogens with one attached hydrogen (secondary N) is 1. The van der Waals surface area contributed by atoms with Gasteiger partial charge in [0.1, 0.15) is 5.75 Å². The third-order valence-corrected chi connectivity index (χ3v) is 2.27. The Morgan fingerprint density at radius 2 is 2.21 bits per heavy atom. The maximum absolute atomic E-state index is 11.7.